The Morgan fingerprint density at radius 1 is 1.21 bits per heavy atom. The summed E-state index contributed by atoms with van der Waals surface area (Å²) in [4.78, 5) is 13.1. The largest absolute Gasteiger partial charge is 0.444 e. The van der Waals surface area contributed by atoms with E-state index in [4.69, 9.17) is 4.42 Å². The van der Waals surface area contributed by atoms with E-state index in [1.165, 1.54) is 12.3 Å². The van der Waals surface area contributed by atoms with Gasteiger partial charge < -0.3 is 4.42 Å². The van der Waals surface area contributed by atoms with Crippen LogP contribution in [-0.2, 0) is 16.3 Å². The van der Waals surface area contributed by atoms with Crippen molar-refractivity contribution in [2.45, 2.75) is 24.7 Å². The van der Waals surface area contributed by atoms with Gasteiger partial charge in [0.1, 0.15) is 0 Å². The Balaban J connectivity index is 2.21. The lowest BCUT2D eigenvalue weighted by Gasteiger charge is -2.07. The van der Waals surface area contributed by atoms with Crippen LogP contribution in [0.2, 0.25) is 0 Å². The second kappa shape index (κ2) is 6.22. The predicted octanol–water partition coefficient (Wildman–Crippen LogP) is 4.04. The summed E-state index contributed by atoms with van der Waals surface area (Å²) in [6, 6.07) is 9.93. The van der Waals surface area contributed by atoms with Crippen LogP contribution in [0, 0.1) is 0 Å². The van der Waals surface area contributed by atoms with Gasteiger partial charge in [-0.15, -0.1) is 0 Å². The lowest BCUT2D eigenvalue weighted by molar-refractivity contribution is 0.0933. The van der Waals surface area contributed by atoms with Crippen molar-refractivity contribution in [3.63, 3.8) is 0 Å². The van der Waals surface area contributed by atoms with Crippen molar-refractivity contribution in [2.24, 2.45) is 0 Å². The van der Waals surface area contributed by atoms with Gasteiger partial charge in [-0.05, 0) is 58.7 Å². The minimum atomic E-state index is -3.30. The molecule has 0 saturated heterocycles. The fourth-order valence-electron chi connectivity index (χ4n) is 2.70. The number of fused-ring (bicyclic) bond motifs is 1. The van der Waals surface area contributed by atoms with E-state index < -0.39 is 9.84 Å². The topological polar surface area (TPSA) is 69.3 Å². The monoisotopic (exact) mass is 409 g/mol. The normalized spacial score (nSPS) is 12.0. The molecule has 0 fully saturated rings. The summed E-state index contributed by atoms with van der Waals surface area (Å²) in [5, 5.41) is 0.723. The Bertz CT molecular complexity index is 1030. The van der Waals surface area contributed by atoms with Crippen molar-refractivity contribution in [2.75, 3.05) is 6.26 Å². The van der Waals surface area contributed by atoms with Crippen molar-refractivity contribution < 1.29 is 17.6 Å². The van der Waals surface area contributed by atoms with Gasteiger partial charge in [0, 0.05) is 17.3 Å². The van der Waals surface area contributed by atoms with E-state index in [2.05, 4.69) is 15.9 Å². The van der Waals surface area contributed by atoms with Gasteiger partial charge in [0.2, 0.25) is 0 Å². The Kier molecular flexibility index (Phi) is 4.40. The Morgan fingerprint density at radius 2 is 1.96 bits per heavy atom. The van der Waals surface area contributed by atoms with Gasteiger partial charge in [-0.2, -0.15) is 0 Å². The molecule has 0 aliphatic carbocycles. The molecule has 2 aromatic heterocycles. The number of benzene rings is 1. The quantitative estimate of drug-likeness (QED) is 0.651. The fourth-order valence-corrected chi connectivity index (χ4v) is 3.66. The molecule has 0 aliphatic rings. The number of aromatic nitrogens is 1. The van der Waals surface area contributed by atoms with Gasteiger partial charge >= 0.3 is 0 Å². The molecule has 0 amide bonds. The molecule has 0 saturated carbocycles. The maximum absolute atomic E-state index is 12.8. The van der Waals surface area contributed by atoms with E-state index in [9.17, 15) is 13.2 Å². The molecule has 0 atom stereocenters. The molecule has 0 aliphatic heterocycles. The number of furan rings is 1. The van der Waals surface area contributed by atoms with E-state index in [1.807, 2.05) is 13.0 Å². The SMILES string of the molecule is CCCc1cc2cc(S(C)(=O)=O)ccc2n1C(=O)c1ccc(Br)o1. The van der Waals surface area contributed by atoms with Crippen LogP contribution < -0.4 is 0 Å². The highest BCUT2D eigenvalue weighted by molar-refractivity contribution is 9.10. The lowest BCUT2D eigenvalue weighted by atomic mass is 10.2. The van der Waals surface area contributed by atoms with Gasteiger partial charge in [0.05, 0.1) is 10.4 Å². The highest BCUT2D eigenvalue weighted by Gasteiger charge is 2.20. The number of carbonyl (C=O) groups is 1. The average molecular weight is 410 g/mol. The summed E-state index contributed by atoms with van der Waals surface area (Å²) in [6.45, 7) is 2.03. The summed E-state index contributed by atoms with van der Waals surface area (Å²) in [5.74, 6) is -0.0461. The van der Waals surface area contributed by atoms with Crippen molar-refractivity contribution in [3.05, 3.63) is 52.5 Å². The first-order valence-corrected chi connectivity index (χ1v) is 10.1. The molecule has 0 spiro atoms. The van der Waals surface area contributed by atoms with Crippen LogP contribution in [0.25, 0.3) is 10.9 Å². The van der Waals surface area contributed by atoms with Crippen LogP contribution in [0.5, 0.6) is 0 Å². The summed E-state index contributed by atoms with van der Waals surface area (Å²) in [6.07, 6.45) is 2.74. The predicted molar refractivity (Wildman–Crippen MR) is 95.2 cm³/mol. The number of rotatable bonds is 4. The first-order valence-electron chi connectivity index (χ1n) is 7.45. The van der Waals surface area contributed by atoms with Gasteiger partial charge in [0.15, 0.2) is 20.3 Å². The van der Waals surface area contributed by atoms with Gasteiger partial charge in [-0.25, -0.2) is 8.42 Å². The van der Waals surface area contributed by atoms with Gasteiger partial charge in [-0.3, -0.25) is 9.36 Å². The fraction of sp³-hybridized carbons (Fsp3) is 0.235. The molecule has 24 heavy (non-hydrogen) atoms. The molecular weight excluding hydrogens is 394 g/mol. The summed E-state index contributed by atoms with van der Waals surface area (Å²) >= 11 is 3.20. The maximum atomic E-state index is 12.8. The molecule has 1 aromatic carbocycles. The molecule has 3 aromatic rings. The lowest BCUT2D eigenvalue weighted by Crippen LogP contribution is -2.14. The Hall–Kier alpha value is -1.86. The third-order valence-corrected chi connectivity index (χ3v) is 5.31. The van der Waals surface area contributed by atoms with Crippen molar-refractivity contribution in [3.8, 4) is 0 Å². The van der Waals surface area contributed by atoms with Crippen LogP contribution >= 0.6 is 15.9 Å². The van der Waals surface area contributed by atoms with Crippen LogP contribution in [-0.4, -0.2) is 25.1 Å². The zero-order valence-corrected chi connectivity index (χ0v) is 15.6. The molecule has 0 radical (unpaired) electrons. The van der Waals surface area contributed by atoms with E-state index in [0.717, 1.165) is 17.5 Å². The molecule has 5 nitrogen and oxygen atoms in total. The van der Waals surface area contributed by atoms with E-state index >= 15 is 0 Å². The number of nitrogens with zero attached hydrogens (tertiary/aromatic N) is 1. The first-order chi connectivity index (χ1) is 11.3. The smallest absolute Gasteiger partial charge is 0.298 e. The first kappa shape index (κ1) is 17.0. The second-order valence-corrected chi connectivity index (χ2v) is 8.42. The zero-order valence-electron chi connectivity index (χ0n) is 13.2. The number of carbonyl (C=O) groups excluding carboxylic acids is 1. The molecule has 7 heteroatoms. The van der Waals surface area contributed by atoms with Crippen molar-refractivity contribution >= 4 is 42.6 Å². The molecule has 3 rings (SSSR count). The molecule has 0 N–H and O–H groups in total. The minimum absolute atomic E-state index is 0.226. The molecule has 0 unspecified atom stereocenters. The van der Waals surface area contributed by atoms with Crippen LogP contribution in [0.15, 0.2) is 50.4 Å². The number of hydrogen-bond acceptors (Lipinski definition) is 4. The van der Waals surface area contributed by atoms with Crippen LogP contribution in [0.4, 0.5) is 0 Å². The maximum Gasteiger partial charge on any atom is 0.298 e. The van der Waals surface area contributed by atoms with Crippen LogP contribution in [0.1, 0.15) is 29.6 Å². The zero-order chi connectivity index (χ0) is 17.5. The summed E-state index contributed by atoms with van der Waals surface area (Å²) < 4.78 is 31.0. The highest BCUT2D eigenvalue weighted by Crippen LogP contribution is 2.26. The molecule has 126 valence electrons. The number of hydrogen-bond donors (Lipinski definition) is 0. The van der Waals surface area contributed by atoms with Gasteiger partial charge in [-0.1, -0.05) is 13.3 Å². The third kappa shape index (κ3) is 3.06. The standard InChI is InChI=1S/C17H16BrNO4S/c1-3-4-12-9-11-10-13(24(2,21)22)5-6-14(11)19(12)17(20)15-7-8-16(18)23-15/h5-10H,3-4H2,1-2H3. The highest BCUT2D eigenvalue weighted by atomic mass is 79.9. The number of aryl methyl sites for hydroxylation is 1. The Labute approximate surface area is 148 Å². The van der Waals surface area contributed by atoms with E-state index in [0.29, 0.717) is 16.6 Å². The number of halogens is 1. The van der Waals surface area contributed by atoms with Crippen molar-refractivity contribution in [1.29, 1.82) is 0 Å². The molecular formula is C17H16BrNO4S. The van der Waals surface area contributed by atoms with E-state index in [1.54, 1.807) is 28.8 Å². The third-order valence-electron chi connectivity index (χ3n) is 3.77. The summed E-state index contributed by atoms with van der Waals surface area (Å²) in [7, 11) is -3.30. The minimum Gasteiger partial charge on any atom is -0.444 e. The molecule has 0 bridgehead atoms. The Morgan fingerprint density at radius 3 is 2.54 bits per heavy atom. The van der Waals surface area contributed by atoms with Crippen molar-refractivity contribution in [1.82, 2.24) is 4.57 Å². The van der Waals surface area contributed by atoms with Gasteiger partial charge in [0.25, 0.3) is 5.91 Å². The average Bonchev–Trinajstić information content (AvgIpc) is 3.08. The second-order valence-electron chi connectivity index (χ2n) is 5.62. The summed E-state index contributed by atoms with van der Waals surface area (Å²) in [5.41, 5.74) is 1.50. The van der Waals surface area contributed by atoms with E-state index in [-0.39, 0.29) is 16.6 Å². The van der Waals surface area contributed by atoms with Crippen LogP contribution in [0.3, 0.4) is 0 Å². The number of sulfone groups is 1. The molecule has 2 heterocycles.